The van der Waals surface area contributed by atoms with Gasteiger partial charge in [0.05, 0.1) is 34.1 Å². The summed E-state index contributed by atoms with van der Waals surface area (Å²) in [5, 5.41) is 16.7. The second kappa shape index (κ2) is 22.9. The monoisotopic (exact) mass is 1290 g/mol. The van der Waals surface area contributed by atoms with Gasteiger partial charge in [0.1, 0.15) is 5.58 Å². The molecular formula is C72H68GeIrN5O. The van der Waals surface area contributed by atoms with Crippen LogP contribution in [0.4, 0.5) is 17.1 Å². The summed E-state index contributed by atoms with van der Waals surface area (Å²) in [6.07, 6.45) is -0.0838. The zero-order valence-electron chi connectivity index (χ0n) is 47.7. The van der Waals surface area contributed by atoms with Crippen molar-refractivity contribution in [3.05, 3.63) is 233 Å². The summed E-state index contributed by atoms with van der Waals surface area (Å²) < 4.78 is 10.3. The molecule has 0 aliphatic carbocycles. The Kier molecular flexibility index (Phi) is 16.0. The van der Waals surface area contributed by atoms with E-state index in [9.17, 15) is 5.26 Å². The van der Waals surface area contributed by atoms with Crippen molar-refractivity contribution in [3.8, 4) is 45.4 Å². The molecule has 0 N–H and O–H groups in total. The fourth-order valence-electron chi connectivity index (χ4n) is 11.3. The second-order valence-electron chi connectivity index (χ2n) is 23.3. The van der Waals surface area contributed by atoms with Crippen molar-refractivity contribution in [3.63, 3.8) is 0 Å². The van der Waals surface area contributed by atoms with E-state index in [1.807, 2.05) is 30.3 Å². The van der Waals surface area contributed by atoms with E-state index in [4.69, 9.17) is 14.7 Å². The predicted molar refractivity (Wildman–Crippen MR) is 334 cm³/mol. The van der Waals surface area contributed by atoms with Crippen LogP contribution < -0.4 is 9.30 Å². The number of imidazole rings is 1. The molecule has 9 aromatic carbocycles. The van der Waals surface area contributed by atoms with Crippen molar-refractivity contribution in [2.24, 2.45) is 0 Å². The van der Waals surface area contributed by atoms with Gasteiger partial charge in [0.2, 0.25) is 0 Å². The fourth-order valence-corrected chi connectivity index (χ4v) is 13.8. The van der Waals surface area contributed by atoms with Crippen LogP contribution in [-0.4, -0.2) is 22.8 Å². The SMILES string of the molecule is CC(C)c1cc(-c2ccc(-c3ccccc3)cc2)cc(C(C)C)c1-n1c(-c2[c-]ccc3c2oc2cc(C#N)ccc23)nc2ccccc21.CC(C)c1cccc(C(C)C)c1N1c2ccccc2[N-]C1c1[c-]cc[c]([Ge]([CH3])([CH3])[CH3])c1.[Ir+3]. The minimum Gasteiger partial charge on any atom is 3.00 e. The Hall–Kier alpha value is -7.47. The molecule has 6 nitrogen and oxygen atoms in total. The van der Waals surface area contributed by atoms with Gasteiger partial charge in [-0.3, -0.25) is 4.98 Å². The molecule has 0 radical (unpaired) electrons. The number of rotatable bonds is 11. The zero-order valence-corrected chi connectivity index (χ0v) is 52.2. The molecule has 0 spiro atoms. The molecule has 8 heteroatoms. The molecule has 3 heterocycles. The van der Waals surface area contributed by atoms with Gasteiger partial charge in [-0.1, -0.05) is 111 Å². The molecule has 11 aromatic rings. The van der Waals surface area contributed by atoms with Crippen molar-refractivity contribution in [2.45, 2.75) is 102 Å². The van der Waals surface area contributed by atoms with E-state index in [0.717, 1.165) is 44.6 Å². The fraction of sp³-hybridized carbons (Fsp3) is 0.222. The van der Waals surface area contributed by atoms with Crippen LogP contribution in [0, 0.1) is 23.5 Å². The van der Waals surface area contributed by atoms with Crippen LogP contribution in [0.15, 0.2) is 186 Å². The first-order valence-corrected chi connectivity index (χ1v) is 35.3. The Bertz CT molecular complexity index is 4030. The molecule has 2 aromatic heterocycles. The second-order valence-corrected chi connectivity index (χ2v) is 33.9. The first-order valence-electron chi connectivity index (χ1n) is 27.9. The third-order valence-corrected chi connectivity index (χ3v) is 19.8. The Balaban J connectivity index is 0.000000195. The molecule has 1 atom stereocenters. The molecule has 12 rings (SSSR count). The molecule has 0 amide bonds. The Labute approximate surface area is 489 Å². The van der Waals surface area contributed by atoms with Crippen molar-refractivity contribution in [2.75, 3.05) is 4.90 Å². The van der Waals surface area contributed by atoms with E-state index in [0.29, 0.717) is 28.6 Å². The summed E-state index contributed by atoms with van der Waals surface area (Å²) in [5.41, 5.74) is 20.7. The minimum atomic E-state index is -1.97. The van der Waals surface area contributed by atoms with Crippen molar-refractivity contribution < 1.29 is 24.5 Å². The molecule has 1 unspecified atom stereocenters. The number of hydrogen-bond acceptors (Lipinski definition) is 4. The van der Waals surface area contributed by atoms with Crippen LogP contribution in [0.1, 0.15) is 119 Å². The van der Waals surface area contributed by atoms with Gasteiger partial charge in [-0.25, -0.2) is 0 Å². The van der Waals surface area contributed by atoms with E-state index in [1.54, 1.807) is 6.07 Å². The van der Waals surface area contributed by atoms with E-state index in [2.05, 4.69) is 246 Å². The number of para-hydroxylation sites is 5. The van der Waals surface area contributed by atoms with Crippen molar-refractivity contribution >= 4 is 67.7 Å². The first kappa shape index (κ1) is 55.8. The van der Waals surface area contributed by atoms with Gasteiger partial charge in [-0.15, -0.1) is 18.2 Å². The van der Waals surface area contributed by atoms with Gasteiger partial charge in [0.25, 0.3) is 0 Å². The number of anilines is 2. The van der Waals surface area contributed by atoms with Crippen LogP contribution >= 0.6 is 0 Å². The van der Waals surface area contributed by atoms with E-state index in [-0.39, 0.29) is 38.1 Å². The van der Waals surface area contributed by atoms with Crippen LogP contribution in [0.25, 0.3) is 77.6 Å². The van der Waals surface area contributed by atoms with Gasteiger partial charge in [0.15, 0.2) is 0 Å². The van der Waals surface area contributed by atoms with Gasteiger partial charge in [0, 0.05) is 11.1 Å². The number of aromatic nitrogens is 2. The number of benzene rings is 9. The Morgan fingerprint density at radius 3 is 1.82 bits per heavy atom. The molecular weight excluding hydrogens is 1220 g/mol. The maximum Gasteiger partial charge on any atom is 3.00 e. The molecule has 0 bridgehead atoms. The average Bonchev–Trinajstić information content (AvgIpc) is 4.18. The summed E-state index contributed by atoms with van der Waals surface area (Å²) in [6.45, 7) is 18.2. The molecule has 400 valence electrons. The normalized spacial score (nSPS) is 13.2. The molecule has 80 heavy (non-hydrogen) atoms. The van der Waals surface area contributed by atoms with Crippen LogP contribution in [0.5, 0.6) is 0 Å². The summed E-state index contributed by atoms with van der Waals surface area (Å²) in [6, 6.07) is 73.4. The van der Waals surface area contributed by atoms with E-state index < -0.39 is 13.3 Å². The number of furan rings is 1. The number of fused-ring (bicyclic) bond motifs is 5. The van der Waals surface area contributed by atoms with Crippen LogP contribution in [0.3, 0.4) is 0 Å². The largest absolute Gasteiger partial charge is 3.00 e. The molecule has 1 aliphatic heterocycles. The number of nitriles is 1. The predicted octanol–water partition coefficient (Wildman–Crippen LogP) is 20.0. The first-order chi connectivity index (χ1) is 38.1. The average molecular weight is 1280 g/mol. The standard InChI is InChI=1S/C44H34N3O.C28H34GeN2.Ir/c1-27(2)37-24-33(32-20-18-31(19-21-32)30-11-6-5-7-12-30)25-38(28(3)4)42(37)47-40-16-9-8-15-39(40)46-44(47)36-14-10-13-35-34-22-17-29(26-45)23-41(34)48-43(35)36;1-19(2)23-14-11-15-24(20(3)4)27(23)31-26-17-9-8-16-25(26)30-28(31)21-12-10-13-22(18-21)29(5,6)7;/h5-13,15-25,27-28H,1-4H3;8-11,13-20,28H,1-7H3;/q-1;-2;+3. The molecule has 1 aliphatic rings. The van der Waals surface area contributed by atoms with Gasteiger partial charge < -0.3 is 8.98 Å². The number of hydrogen-bond donors (Lipinski definition) is 0. The Morgan fingerprint density at radius 1 is 0.575 bits per heavy atom. The summed E-state index contributed by atoms with van der Waals surface area (Å²) in [7, 11) is 0. The van der Waals surface area contributed by atoms with E-state index in [1.165, 1.54) is 65.8 Å². The smallest absolute Gasteiger partial charge is 3.00 e. The maximum atomic E-state index is 9.53. The molecule has 0 saturated heterocycles. The van der Waals surface area contributed by atoms with E-state index >= 15 is 0 Å². The zero-order chi connectivity index (χ0) is 55.3. The van der Waals surface area contributed by atoms with Gasteiger partial charge >= 0.3 is 211 Å². The van der Waals surface area contributed by atoms with Crippen molar-refractivity contribution in [1.29, 1.82) is 5.26 Å². The summed E-state index contributed by atoms with van der Waals surface area (Å²) in [5.74, 6) is 9.47. The third kappa shape index (κ3) is 10.6. The minimum absolute atomic E-state index is 0. The van der Waals surface area contributed by atoms with Crippen LogP contribution in [-0.2, 0) is 20.1 Å². The van der Waals surface area contributed by atoms with Gasteiger partial charge in [-0.05, 0) is 81.6 Å². The third-order valence-electron chi connectivity index (χ3n) is 15.5. The Morgan fingerprint density at radius 2 is 1.18 bits per heavy atom. The van der Waals surface area contributed by atoms with Crippen molar-refractivity contribution in [1.82, 2.24) is 9.55 Å². The van der Waals surface area contributed by atoms with Crippen LogP contribution in [0.2, 0.25) is 17.3 Å². The summed E-state index contributed by atoms with van der Waals surface area (Å²) >= 11 is -1.97. The molecule has 0 saturated carbocycles. The number of nitrogens with zero attached hydrogens (tertiary/aromatic N) is 5. The van der Waals surface area contributed by atoms with Gasteiger partial charge in [-0.2, -0.15) is 5.26 Å². The quantitative estimate of drug-likeness (QED) is 0.0955. The topological polar surface area (TPSA) is 72.1 Å². The molecule has 0 fully saturated rings. The maximum absolute atomic E-state index is 9.53. The summed E-state index contributed by atoms with van der Waals surface area (Å²) in [4.78, 5) is 7.73.